The van der Waals surface area contributed by atoms with Crippen LogP contribution in [0.5, 0.6) is 5.75 Å². The number of fused-ring (bicyclic) bond motifs is 2. The topological polar surface area (TPSA) is 41.9 Å². The van der Waals surface area contributed by atoms with Gasteiger partial charge >= 0.3 is 0 Å². The molecule has 144 valence electrons. The fraction of sp³-hybridized carbons (Fsp3) is 0.478. The van der Waals surface area contributed by atoms with Crippen molar-refractivity contribution >= 4 is 0 Å². The van der Waals surface area contributed by atoms with Crippen LogP contribution in [0, 0.1) is 0 Å². The lowest BCUT2D eigenvalue weighted by Crippen LogP contribution is -2.48. The number of nitrogens with zero attached hydrogens (tertiary/aromatic N) is 1. The van der Waals surface area contributed by atoms with E-state index in [1.165, 1.54) is 5.56 Å². The predicted molar refractivity (Wildman–Crippen MR) is 106 cm³/mol. The van der Waals surface area contributed by atoms with Crippen LogP contribution in [-0.4, -0.2) is 49.5 Å². The number of likely N-dealkylation sites (tertiary alicyclic amines) is 1. The third-order valence-corrected chi connectivity index (χ3v) is 6.29. The van der Waals surface area contributed by atoms with Gasteiger partial charge in [-0.1, -0.05) is 42.5 Å². The van der Waals surface area contributed by atoms with E-state index in [2.05, 4.69) is 23.1 Å². The Kier molecular flexibility index (Phi) is 5.48. The molecular formula is C23H29NO3. The van der Waals surface area contributed by atoms with Crippen LogP contribution in [0.2, 0.25) is 0 Å². The summed E-state index contributed by atoms with van der Waals surface area (Å²) in [6.45, 7) is 3.79. The van der Waals surface area contributed by atoms with Crippen molar-refractivity contribution in [3.05, 3.63) is 65.7 Å². The minimum atomic E-state index is -0.455. The SMILES string of the molecule is CO[C@H]1c2ccccc2C2(CCN(CCCOc3ccccc3)CC2)[C@@H]1O. The number of benzene rings is 2. The molecule has 2 aliphatic rings. The molecule has 1 aliphatic carbocycles. The van der Waals surface area contributed by atoms with Gasteiger partial charge < -0.3 is 19.5 Å². The third kappa shape index (κ3) is 3.49. The number of hydrogen-bond acceptors (Lipinski definition) is 4. The molecule has 1 fully saturated rings. The van der Waals surface area contributed by atoms with E-state index in [-0.39, 0.29) is 11.5 Å². The zero-order valence-corrected chi connectivity index (χ0v) is 16.0. The van der Waals surface area contributed by atoms with Gasteiger partial charge in [-0.3, -0.25) is 0 Å². The Labute approximate surface area is 161 Å². The molecule has 1 spiro atoms. The van der Waals surface area contributed by atoms with Gasteiger partial charge in [-0.2, -0.15) is 0 Å². The van der Waals surface area contributed by atoms with Gasteiger partial charge in [-0.15, -0.1) is 0 Å². The normalized spacial score (nSPS) is 24.1. The molecule has 2 aromatic carbocycles. The van der Waals surface area contributed by atoms with E-state index in [0.717, 1.165) is 56.8 Å². The summed E-state index contributed by atoms with van der Waals surface area (Å²) in [6, 6.07) is 18.4. The fourth-order valence-electron chi connectivity index (χ4n) is 4.81. The van der Waals surface area contributed by atoms with E-state index in [1.54, 1.807) is 7.11 Å². The van der Waals surface area contributed by atoms with Gasteiger partial charge in [-0.25, -0.2) is 0 Å². The van der Waals surface area contributed by atoms with Crippen molar-refractivity contribution in [2.45, 2.75) is 36.9 Å². The molecule has 4 heteroatoms. The van der Waals surface area contributed by atoms with Crippen molar-refractivity contribution < 1.29 is 14.6 Å². The van der Waals surface area contributed by atoms with Crippen molar-refractivity contribution in [2.75, 3.05) is 33.4 Å². The maximum atomic E-state index is 11.0. The molecule has 0 amide bonds. The zero-order valence-electron chi connectivity index (χ0n) is 16.0. The highest BCUT2D eigenvalue weighted by molar-refractivity contribution is 5.44. The quantitative estimate of drug-likeness (QED) is 0.793. The number of rotatable bonds is 6. The maximum Gasteiger partial charge on any atom is 0.119 e. The lowest BCUT2D eigenvalue weighted by Gasteiger charge is -2.42. The lowest BCUT2D eigenvalue weighted by molar-refractivity contribution is -0.0547. The van der Waals surface area contributed by atoms with Gasteiger partial charge in [0.05, 0.1) is 12.7 Å². The van der Waals surface area contributed by atoms with Crippen LogP contribution >= 0.6 is 0 Å². The minimum Gasteiger partial charge on any atom is -0.494 e. The summed E-state index contributed by atoms with van der Waals surface area (Å²) in [6.07, 6.45) is 2.31. The number of aliphatic hydroxyl groups excluding tert-OH is 1. The van der Waals surface area contributed by atoms with Crippen molar-refractivity contribution in [1.82, 2.24) is 4.90 Å². The molecule has 0 saturated carbocycles. The molecule has 2 aromatic rings. The average molecular weight is 367 g/mol. The first-order valence-corrected chi connectivity index (χ1v) is 9.95. The summed E-state index contributed by atoms with van der Waals surface area (Å²) in [5.41, 5.74) is 2.29. The number of piperidine rings is 1. The molecule has 0 unspecified atom stereocenters. The Balaban J connectivity index is 1.32. The van der Waals surface area contributed by atoms with E-state index >= 15 is 0 Å². The zero-order chi connectivity index (χ0) is 18.7. The molecule has 0 aromatic heterocycles. The molecule has 1 heterocycles. The molecule has 1 N–H and O–H groups in total. The van der Waals surface area contributed by atoms with Gasteiger partial charge in [0.2, 0.25) is 0 Å². The van der Waals surface area contributed by atoms with Crippen LogP contribution < -0.4 is 4.74 Å². The Bertz CT molecular complexity index is 740. The van der Waals surface area contributed by atoms with Crippen molar-refractivity contribution in [2.24, 2.45) is 0 Å². The molecule has 0 bridgehead atoms. The van der Waals surface area contributed by atoms with Crippen LogP contribution in [0.1, 0.15) is 36.5 Å². The Hall–Kier alpha value is -1.88. The van der Waals surface area contributed by atoms with Crippen molar-refractivity contribution in [1.29, 1.82) is 0 Å². The number of methoxy groups -OCH3 is 1. The summed E-state index contributed by atoms with van der Waals surface area (Å²) in [7, 11) is 1.70. The Morgan fingerprint density at radius 1 is 1.04 bits per heavy atom. The summed E-state index contributed by atoms with van der Waals surface area (Å²) < 4.78 is 11.4. The molecule has 4 nitrogen and oxygen atoms in total. The molecule has 4 rings (SSSR count). The minimum absolute atomic E-state index is 0.158. The van der Waals surface area contributed by atoms with Crippen molar-refractivity contribution in [3.63, 3.8) is 0 Å². The van der Waals surface area contributed by atoms with Crippen LogP contribution in [0.15, 0.2) is 54.6 Å². The third-order valence-electron chi connectivity index (χ3n) is 6.29. The highest BCUT2D eigenvalue weighted by Gasteiger charge is 2.52. The Morgan fingerprint density at radius 2 is 1.74 bits per heavy atom. The van der Waals surface area contributed by atoms with E-state index in [9.17, 15) is 5.11 Å². The van der Waals surface area contributed by atoms with Gasteiger partial charge in [0.15, 0.2) is 0 Å². The molecule has 1 saturated heterocycles. The Morgan fingerprint density at radius 3 is 2.48 bits per heavy atom. The number of aliphatic hydroxyl groups is 1. The molecule has 1 aliphatic heterocycles. The smallest absolute Gasteiger partial charge is 0.119 e. The first-order chi connectivity index (χ1) is 13.2. The van der Waals surface area contributed by atoms with E-state index in [4.69, 9.17) is 9.47 Å². The van der Waals surface area contributed by atoms with E-state index < -0.39 is 6.10 Å². The largest absolute Gasteiger partial charge is 0.494 e. The molecule has 2 atom stereocenters. The van der Waals surface area contributed by atoms with Crippen molar-refractivity contribution in [3.8, 4) is 5.75 Å². The fourth-order valence-corrected chi connectivity index (χ4v) is 4.81. The first kappa shape index (κ1) is 18.5. The summed E-state index contributed by atoms with van der Waals surface area (Å²) in [4.78, 5) is 2.50. The second kappa shape index (κ2) is 8.01. The summed E-state index contributed by atoms with van der Waals surface area (Å²) >= 11 is 0. The predicted octanol–water partition coefficient (Wildman–Crippen LogP) is 3.55. The van der Waals surface area contributed by atoms with E-state index in [1.807, 2.05) is 36.4 Å². The van der Waals surface area contributed by atoms with Crippen LogP contribution in [0.4, 0.5) is 0 Å². The summed E-state index contributed by atoms with van der Waals surface area (Å²) in [5, 5.41) is 11.0. The molecular weight excluding hydrogens is 338 g/mol. The van der Waals surface area contributed by atoms with E-state index in [0.29, 0.717) is 0 Å². The highest BCUT2D eigenvalue weighted by Crippen LogP contribution is 2.51. The average Bonchev–Trinajstić information content (AvgIpc) is 2.95. The number of hydrogen-bond donors (Lipinski definition) is 1. The molecule has 0 radical (unpaired) electrons. The molecule has 27 heavy (non-hydrogen) atoms. The standard InChI is InChI=1S/C23H29NO3/c1-26-21-19-10-5-6-11-20(19)23(22(21)25)12-15-24(16-13-23)14-7-17-27-18-8-3-2-4-9-18/h2-6,8-11,21-22,25H,7,12-17H2,1H3/t21-,22+/m0/s1. The summed E-state index contributed by atoms with van der Waals surface area (Å²) in [5.74, 6) is 0.936. The monoisotopic (exact) mass is 367 g/mol. The van der Waals surface area contributed by atoms with Gasteiger partial charge in [0.25, 0.3) is 0 Å². The maximum absolute atomic E-state index is 11.0. The van der Waals surface area contributed by atoms with Gasteiger partial charge in [-0.05, 0) is 55.6 Å². The number of para-hydroxylation sites is 1. The van der Waals surface area contributed by atoms with Crippen LogP contribution in [0.3, 0.4) is 0 Å². The first-order valence-electron chi connectivity index (χ1n) is 9.95. The van der Waals surface area contributed by atoms with Gasteiger partial charge in [0, 0.05) is 19.1 Å². The lowest BCUT2D eigenvalue weighted by atomic mass is 9.72. The second-order valence-electron chi connectivity index (χ2n) is 7.70. The van der Waals surface area contributed by atoms with Crippen LogP contribution in [0.25, 0.3) is 0 Å². The number of ether oxygens (including phenoxy) is 2. The highest BCUT2D eigenvalue weighted by atomic mass is 16.5. The van der Waals surface area contributed by atoms with Crippen LogP contribution in [-0.2, 0) is 10.2 Å². The second-order valence-corrected chi connectivity index (χ2v) is 7.70. The van der Waals surface area contributed by atoms with Gasteiger partial charge in [0.1, 0.15) is 11.9 Å².